The summed E-state index contributed by atoms with van der Waals surface area (Å²) in [5, 5.41) is 12.5. The number of nitrogens with zero attached hydrogens (tertiary/aromatic N) is 1. The lowest BCUT2D eigenvalue weighted by Crippen LogP contribution is -2.31. The van der Waals surface area contributed by atoms with E-state index >= 15 is 0 Å². The van der Waals surface area contributed by atoms with Crippen molar-refractivity contribution in [1.82, 2.24) is 5.32 Å². The minimum atomic E-state index is -0.610. The Morgan fingerprint density at radius 2 is 1.93 bits per heavy atom. The van der Waals surface area contributed by atoms with Crippen LogP contribution in [0.25, 0.3) is 11.1 Å². The number of halogens is 1. The van der Waals surface area contributed by atoms with Gasteiger partial charge in [-0.1, -0.05) is 48.0 Å². The van der Waals surface area contributed by atoms with Crippen molar-refractivity contribution >= 4 is 12.1 Å². The molecular weight excluding hydrogens is 367 g/mol. The third-order valence-electron chi connectivity index (χ3n) is 5.11. The van der Waals surface area contributed by atoms with Crippen LogP contribution >= 0.6 is 0 Å². The fourth-order valence-electron chi connectivity index (χ4n) is 3.52. The number of carbonyl (C=O) groups excluding carboxylic acids is 1. The first-order valence-corrected chi connectivity index (χ1v) is 9.46. The maximum Gasteiger partial charge on any atom is 0.254 e. The van der Waals surface area contributed by atoms with Gasteiger partial charge in [0.15, 0.2) is 0 Å². The normalized spacial score (nSPS) is 13.2. The predicted molar refractivity (Wildman–Crippen MR) is 112 cm³/mol. The van der Waals surface area contributed by atoms with Crippen molar-refractivity contribution in [2.45, 2.75) is 19.5 Å². The number of carbonyl (C=O) groups is 1. The number of aliphatic imine (C=N–C) groups is 1. The number of aryl methyl sites for hydroxylation is 1. The smallest absolute Gasteiger partial charge is 0.254 e. The van der Waals surface area contributed by atoms with E-state index in [0.29, 0.717) is 6.54 Å². The molecule has 4 nitrogen and oxygen atoms in total. The summed E-state index contributed by atoms with van der Waals surface area (Å²) in [6, 6.07) is 17.3. The van der Waals surface area contributed by atoms with Gasteiger partial charge in [0.05, 0.1) is 24.8 Å². The van der Waals surface area contributed by atoms with Crippen LogP contribution in [-0.2, 0) is 6.54 Å². The van der Waals surface area contributed by atoms with Crippen LogP contribution in [0.4, 0.5) is 4.39 Å². The summed E-state index contributed by atoms with van der Waals surface area (Å²) >= 11 is 0. The Balaban J connectivity index is 1.61. The third-order valence-corrected chi connectivity index (χ3v) is 5.11. The molecule has 0 fully saturated rings. The Labute approximate surface area is 168 Å². The van der Waals surface area contributed by atoms with Gasteiger partial charge in [-0.05, 0) is 52.9 Å². The minimum Gasteiger partial charge on any atom is -0.394 e. The molecule has 4 rings (SSSR count). The first-order chi connectivity index (χ1) is 14.0. The largest absolute Gasteiger partial charge is 0.394 e. The Hall–Kier alpha value is -3.31. The van der Waals surface area contributed by atoms with E-state index in [2.05, 4.69) is 10.3 Å². The van der Waals surface area contributed by atoms with Crippen molar-refractivity contribution in [1.29, 1.82) is 0 Å². The van der Waals surface area contributed by atoms with E-state index in [1.165, 1.54) is 6.07 Å². The maximum absolute atomic E-state index is 14.4. The van der Waals surface area contributed by atoms with Gasteiger partial charge in [0.1, 0.15) is 5.82 Å². The highest BCUT2D eigenvalue weighted by atomic mass is 19.1. The molecule has 0 saturated carbocycles. The molecule has 3 aromatic carbocycles. The number of benzene rings is 3. The first-order valence-electron chi connectivity index (χ1n) is 9.46. The molecule has 3 aromatic rings. The quantitative estimate of drug-likeness (QED) is 0.688. The molecule has 0 aromatic heterocycles. The Morgan fingerprint density at radius 1 is 1.14 bits per heavy atom. The lowest BCUT2D eigenvalue weighted by Gasteiger charge is -2.18. The topological polar surface area (TPSA) is 61.7 Å². The average Bonchev–Trinajstić information content (AvgIpc) is 3.20. The van der Waals surface area contributed by atoms with Crippen LogP contribution in [0.2, 0.25) is 0 Å². The number of nitrogens with one attached hydrogen (secondary N) is 1. The van der Waals surface area contributed by atoms with Crippen molar-refractivity contribution in [3.63, 3.8) is 0 Å². The molecule has 0 bridgehead atoms. The van der Waals surface area contributed by atoms with Gasteiger partial charge in [-0.25, -0.2) is 4.39 Å². The number of aliphatic hydroxyl groups is 1. The van der Waals surface area contributed by atoms with Crippen molar-refractivity contribution in [2.75, 3.05) is 6.61 Å². The van der Waals surface area contributed by atoms with Crippen molar-refractivity contribution in [2.24, 2.45) is 4.99 Å². The third kappa shape index (κ3) is 3.96. The van der Waals surface area contributed by atoms with Crippen LogP contribution < -0.4 is 5.32 Å². The fourth-order valence-corrected chi connectivity index (χ4v) is 3.52. The van der Waals surface area contributed by atoms with Gasteiger partial charge >= 0.3 is 0 Å². The molecule has 0 aliphatic carbocycles. The van der Waals surface area contributed by atoms with Crippen LogP contribution in [0, 0.1) is 12.7 Å². The Morgan fingerprint density at radius 3 is 2.72 bits per heavy atom. The van der Waals surface area contributed by atoms with Crippen LogP contribution in [0.15, 0.2) is 65.7 Å². The maximum atomic E-state index is 14.4. The highest BCUT2D eigenvalue weighted by molar-refractivity contribution is 5.96. The molecule has 1 heterocycles. The molecule has 146 valence electrons. The van der Waals surface area contributed by atoms with Gasteiger partial charge < -0.3 is 10.4 Å². The molecule has 0 saturated heterocycles. The molecule has 1 aliphatic rings. The molecular formula is C24H21FN2O2. The second-order valence-corrected chi connectivity index (χ2v) is 7.20. The molecule has 1 atom stereocenters. The minimum absolute atomic E-state index is 0.0530. The van der Waals surface area contributed by atoms with Gasteiger partial charge in [-0.15, -0.1) is 0 Å². The molecule has 1 unspecified atom stereocenters. The molecule has 0 radical (unpaired) electrons. The second kappa shape index (κ2) is 7.97. The number of rotatable bonds is 5. The summed E-state index contributed by atoms with van der Waals surface area (Å²) in [7, 11) is 0. The van der Waals surface area contributed by atoms with E-state index in [1.54, 1.807) is 12.1 Å². The molecule has 29 heavy (non-hydrogen) atoms. The highest BCUT2D eigenvalue weighted by Gasteiger charge is 2.19. The number of hydrogen-bond acceptors (Lipinski definition) is 3. The summed E-state index contributed by atoms with van der Waals surface area (Å²) < 4.78 is 14.4. The lowest BCUT2D eigenvalue weighted by atomic mass is 9.98. The number of aliphatic hydroxyl groups excluding tert-OH is 1. The van der Waals surface area contributed by atoms with Crippen LogP contribution in [0.5, 0.6) is 0 Å². The van der Waals surface area contributed by atoms with E-state index in [1.807, 2.05) is 55.6 Å². The van der Waals surface area contributed by atoms with E-state index in [9.17, 15) is 14.3 Å². The SMILES string of the molecule is Cc1cccc(C(CO)NC(=O)c2cc(-c3ccc4c(c3)C=NC4)ccc2F)c1. The zero-order valence-electron chi connectivity index (χ0n) is 16.0. The van der Waals surface area contributed by atoms with E-state index < -0.39 is 17.8 Å². The number of amides is 1. The number of fused-ring (bicyclic) bond motifs is 1. The zero-order chi connectivity index (χ0) is 20.4. The standard InChI is InChI=1S/C24H21FN2O2/c1-15-3-2-4-18(9-15)23(14-28)27-24(29)21-11-17(7-8-22(21)25)16-5-6-19-12-26-13-20(19)10-16/h2-11,13,23,28H,12,14H2,1H3,(H,27,29). The number of hydrogen-bond donors (Lipinski definition) is 2. The van der Waals surface area contributed by atoms with Gasteiger partial charge in [-0.3, -0.25) is 9.79 Å². The monoisotopic (exact) mass is 388 g/mol. The van der Waals surface area contributed by atoms with E-state index in [4.69, 9.17) is 0 Å². The van der Waals surface area contributed by atoms with Crippen molar-refractivity contribution in [3.05, 3.63) is 94.3 Å². The van der Waals surface area contributed by atoms with Gasteiger partial charge in [0.25, 0.3) is 5.91 Å². The van der Waals surface area contributed by atoms with Gasteiger partial charge in [0, 0.05) is 6.21 Å². The highest BCUT2D eigenvalue weighted by Crippen LogP contribution is 2.26. The molecule has 0 spiro atoms. The van der Waals surface area contributed by atoms with E-state index in [-0.39, 0.29) is 12.2 Å². The summed E-state index contributed by atoms with van der Waals surface area (Å²) in [4.78, 5) is 17.0. The average molecular weight is 388 g/mol. The van der Waals surface area contributed by atoms with Crippen LogP contribution in [0.1, 0.15) is 38.7 Å². The van der Waals surface area contributed by atoms with Crippen molar-refractivity contribution in [3.8, 4) is 11.1 Å². The Bertz CT molecular complexity index is 1110. The predicted octanol–water partition coefficient (Wildman–Crippen LogP) is 4.20. The second-order valence-electron chi connectivity index (χ2n) is 7.20. The Kier molecular flexibility index (Phi) is 5.23. The van der Waals surface area contributed by atoms with Crippen molar-refractivity contribution < 1.29 is 14.3 Å². The molecule has 2 N–H and O–H groups in total. The fraction of sp³-hybridized carbons (Fsp3) is 0.167. The summed E-state index contributed by atoms with van der Waals surface area (Å²) in [6.07, 6.45) is 1.82. The summed E-state index contributed by atoms with van der Waals surface area (Å²) in [6.45, 7) is 2.33. The van der Waals surface area contributed by atoms with Gasteiger partial charge in [-0.2, -0.15) is 0 Å². The molecule has 1 amide bonds. The first kappa shape index (κ1) is 19.0. The lowest BCUT2D eigenvalue weighted by molar-refractivity contribution is 0.0912. The van der Waals surface area contributed by atoms with Crippen LogP contribution in [0.3, 0.4) is 0 Å². The summed E-state index contributed by atoms with van der Waals surface area (Å²) in [5.41, 5.74) is 5.57. The zero-order valence-corrected chi connectivity index (χ0v) is 16.0. The van der Waals surface area contributed by atoms with Gasteiger partial charge in [0.2, 0.25) is 0 Å². The molecule has 5 heteroatoms. The molecule has 1 aliphatic heterocycles. The summed E-state index contributed by atoms with van der Waals surface area (Å²) in [5.74, 6) is -1.16. The van der Waals surface area contributed by atoms with Crippen LogP contribution in [-0.4, -0.2) is 23.8 Å². The van der Waals surface area contributed by atoms with E-state index in [0.717, 1.165) is 33.4 Å².